The first-order valence-electron chi connectivity index (χ1n) is 9.17. The van der Waals surface area contributed by atoms with Gasteiger partial charge in [0.15, 0.2) is 5.82 Å². The number of hydrogen-bond donors (Lipinski definition) is 1. The van der Waals surface area contributed by atoms with Gasteiger partial charge in [-0.3, -0.25) is 14.6 Å². The quantitative estimate of drug-likeness (QED) is 0.862. The van der Waals surface area contributed by atoms with Crippen LogP contribution in [-0.2, 0) is 11.3 Å². The number of aromatic nitrogens is 1. The minimum Gasteiger partial charge on any atom is -0.360 e. The minimum atomic E-state index is -0.0252. The molecule has 1 saturated heterocycles. The molecule has 0 spiro atoms. The number of nitrogens with zero attached hydrogens (tertiary/aromatic N) is 3. The van der Waals surface area contributed by atoms with Crippen LogP contribution in [0.15, 0.2) is 40.9 Å². The zero-order valence-electron chi connectivity index (χ0n) is 15.9. The number of benzene rings is 1. The lowest BCUT2D eigenvalue weighted by Gasteiger charge is -2.47. The van der Waals surface area contributed by atoms with E-state index in [1.165, 1.54) is 5.56 Å². The second-order valence-electron chi connectivity index (χ2n) is 7.62. The summed E-state index contributed by atoms with van der Waals surface area (Å²) in [5.74, 6) is 1.15. The minimum absolute atomic E-state index is 0.0252. The molecule has 1 aromatic carbocycles. The molecule has 1 aromatic heterocycles. The lowest BCUT2D eigenvalue weighted by atomic mass is 9.97. The molecular formula is C20H28N4O2. The highest BCUT2D eigenvalue weighted by Gasteiger charge is 2.33. The Kier molecular flexibility index (Phi) is 5.74. The van der Waals surface area contributed by atoms with Crippen molar-refractivity contribution in [3.05, 3.63) is 47.7 Å². The van der Waals surface area contributed by atoms with E-state index in [9.17, 15) is 4.79 Å². The lowest BCUT2D eigenvalue weighted by molar-refractivity contribution is -0.116. The van der Waals surface area contributed by atoms with Crippen LogP contribution < -0.4 is 5.32 Å². The van der Waals surface area contributed by atoms with Crippen LogP contribution in [0.3, 0.4) is 0 Å². The van der Waals surface area contributed by atoms with Gasteiger partial charge in [-0.2, -0.15) is 0 Å². The van der Waals surface area contributed by atoms with Gasteiger partial charge < -0.3 is 9.84 Å². The van der Waals surface area contributed by atoms with Crippen LogP contribution in [0.1, 0.15) is 31.6 Å². The van der Waals surface area contributed by atoms with Gasteiger partial charge in [-0.25, -0.2) is 0 Å². The Hall–Kier alpha value is -2.18. The first-order valence-corrected chi connectivity index (χ1v) is 9.17. The molecule has 140 valence electrons. The van der Waals surface area contributed by atoms with Crippen LogP contribution in [0, 0.1) is 6.92 Å². The highest BCUT2D eigenvalue weighted by atomic mass is 16.5. The molecule has 0 unspecified atom stereocenters. The molecule has 6 heteroatoms. The van der Waals surface area contributed by atoms with E-state index < -0.39 is 0 Å². The highest BCUT2D eigenvalue weighted by molar-refractivity contribution is 5.89. The molecule has 1 amide bonds. The summed E-state index contributed by atoms with van der Waals surface area (Å²) in [7, 11) is 0. The predicted molar refractivity (Wildman–Crippen MR) is 102 cm³/mol. The fourth-order valence-corrected chi connectivity index (χ4v) is 3.47. The van der Waals surface area contributed by atoms with E-state index in [4.69, 9.17) is 4.52 Å². The van der Waals surface area contributed by atoms with Crippen molar-refractivity contribution in [2.24, 2.45) is 0 Å². The number of aryl methyl sites for hydroxylation is 1. The maximum atomic E-state index is 12.1. The lowest BCUT2D eigenvalue weighted by Crippen LogP contribution is -2.58. The van der Waals surface area contributed by atoms with Crippen molar-refractivity contribution in [1.82, 2.24) is 15.0 Å². The molecule has 0 radical (unpaired) electrons. The fourth-order valence-electron chi connectivity index (χ4n) is 3.47. The van der Waals surface area contributed by atoms with Gasteiger partial charge in [-0.15, -0.1) is 0 Å². The van der Waals surface area contributed by atoms with Gasteiger partial charge in [0.2, 0.25) is 5.91 Å². The predicted octanol–water partition coefficient (Wildman–Crippen LogP) is 2.91. The van der Waals surface area contributed by atoms with E-state index in [-0.39, 0.29) is 11.4 Å². The number of piperazine rings is 1. The molecule has 0 aliphatic carbocycles. The number of carbonyl (C=O) groups excluding carboxylic acids is 1. The zero-order chi connectivity index (χ0) is 18.6. The third kappa shape index (κ3) is 4.93. The molecule has 1 aliphatic heterocycles. The van der Waals surface area contributed by atoms with Gasteiger partial charge in [0.25, 0.3) is 0 Å². The molecule has 1 aliphatic rings. The van der Waals surface area contributed by atoms with Crippen molar-refractivity contribution < 1.29 is 9.32 Å². The van der Waals surface area contributed by atoms with Gasteiger partial charge in [0.05, 0.1) is 0 Å². The molecule has 1 fully saturated rings. The Balaban J connectivity index is 1.47. The van der Waals surface area contributed by atoms with Crippen molar-refractivity contribution in [2.45, 2.75) is 39.3 Å². The molecule has 26 heavy (non-hydrogen) atoms. The number of anilines is 1. The molecular weight excluding hydrogens is 328 g/mol. The normalized spacial score (nSPS) is 18.0. The Bertz CT molecular complexity index is 726. The van der Waals surface area contributed by atoms with Crippen molar-refractivity contribution in [3.8, 4) is 0 Å². The van der Waals surface area contributed by atoms with Gasteiger partial charge in [-0.1, -0.05) is 35.5 Å². The second-order valence-corrected chi connectivity index (χ2v) is 7.62. The number of hydrogen-bond acceptors (Lipinski definition) is 5. The van der Waals surface area contributed by atoms with Gasteiger partial charge >= 0.3 is 0 Å². The van der Waals surface area contributed by atoms with Crippen LogP contribution in [0.4, 0.5) is 5.82 Å². The number of amides is 1. The van der Waals surface area contributed by atoms with E-state index in [1.807, 2.05) is 0 Å². The van der Waals surface area contributed by atoms with E-state index in [0.717, 1.165) is 32.7 Å². The number of carbonyl (C=O) groups is 1. The third-order valence-corrected chi connectivity index (χ3v) is 4.92. The van der Waals surface area contributed by atoms with Crippen molar-refractivity contribution >= 4 is 11.7 Å². The smallest absolute Gasteiger partial charge is 0.226 e. The molecule has 3 rings (SSSR count). The largest absolute Gasteiger partial charge is 0.360 e. The van der Waals surface area contributed by atoms with Crippen molar-refractivity contribution in [3.63, 3.8) is 0 Å². The van der Waals surface area contributed by atoms with E-state index >= 15 is 0 Å². The number of rotatable bonds is 6. The summed E-state index contributed by atoms with van der Waals surface area (Å²) in [6, 6.07) is 12.3. The van der Waals surface area contributed by atoms with Crippen LogP contribution in [0.5, 0.6) is 0 Å². The van der Waals surface area contributed by atoms with Crippen LogP contribution in [0.25, 0.3) is 0 Å². The highest BCUT2D eigenvalue weighted by Crippen LogP contribution is 2.23. The fraction of sp³-hybridized carbons (Fsp3) is 0.500. The van der Waals surface area contributed by atoms with Crippen LogP contribution in [-0.4, -0.2) is 52.6 Å². The molecule has 2 heterocycles. The van der Waals surface area contributed by atoms with E-state index in [0.29, 0.717) is 18.0 Å². The Labute approximate surface area is 155 Å². The SMILES string of the molecule is Cc1cc(NC(=O)CCN2CCN(Cc3ccccc3)C(C)(C)C2)no1. The van der Waals surface area contributed by atoms with Crippen LogP contribution in [0.2, 0.25) is 0 Å². The van der Waals surface area contributed by atoms with Gasteiger partial charge in [0, 0.05) is 50.7 Å². The van der Waals surface area contributed by atoms with E-state index in [2.05, 4.69) is 64.5 Å². The molecule has 2 aromatic rings. The molecule has 0 saturated carbocycles. The van der Waals surface area contributed by atoms with Gasteiger partial charge in [0.1, 0.15) is 5.76 Å². The van der Waals surface area contributed by atoms with Crippen molar-refractivity contribution in [1.29, 1.82) is 0 Å². The average molecular weight is 356 g/mol. The average Bonchev–Trinajstić information content (AvgIpc) is 3.00. The van der Waals surface area contributed by atoms with Crippen LogP contribution >= 0.6 is 0 Å². The zero-order valence-corrected chi connectivity index (χ0v) is 15.9. The summed E-state index contributed by atoms with van der Waals surface area (Å²) in [6.07, 6.45) is 0.459. The Morgan fingerprint density at radius 2 is 2.04 bits per heavy atom. The second kappa shape index (κ2) is 8.01. The van der Waals surface area contributed by atoms with E-state index in [1.54, 1.807) is 13.0 Å². The Morgan fingerprint density at radius 1 is 1.27 bits per heavy atom. The first kappa shape index (κ1) is 18.6. The molecule has 0 bridgehead atoms. The summed E-state index contributed by atoms with van der Waals surface area (Å²) in [4.78, 5) is 17.0. The molecule has 0 atom stereocenters. The Morgan fingerprint density at radius 3 is 2.69 bits per heavy atom. The topological polar surface area (TPSA) is 61.6 Å². The van der Waals surface area contributed by atoms with Gasteiger partial charge in [-0.05, 0) is 26.3 Å². The standard InChI is InChI=1S/C20H28N4O2/c1-16-13-18(22-26-16)21-19(25)9-10-23-11-12-24(20(2,3)15-23)14-17-7-5-4-6-8-17/h4-8,13H,9-12,14-15H2,1-3H3,(H,21,22,25). The maximum Gasteiger partial charge on any atom is 0.226 e. The summed E-state index contributed by atoms with van der Waals surface area (Å²) in [5.41, 5.74) is 1.42. The molecule has 6 nitrogen and oxygen atoms in total. The first-order chi connectivity index (χ1) is 12.4. The molecule has 1 N–H and O–H groups in total. The maximum absolute atomic E-state index is 12.1. The summed E-state index contributed by atoms with van der Waals surface area (Å²) >= 11 is 0. The summed E-state index contributed by atoms with van der Waals surface area (Å²) < 4.78 is 4.97. The third-order valence-electron chi connectivity index (χ3n) is 4.92. The summed E-state index contributed by atoms with van der Waals surface area (Å²) in [5, 5.41) is 6.58. The summed E-state index contributed by atoms with van der Waals surface area (Å²) in [6.45, 7) is 11.0. The number of nitrogens with one attached hydrogen (secondary N) is 1. The van der Waals surface area contributed by atoms with Crippen molar-refractivity contribution in [2.75, 3.05) is 31.5 Å². The monoisotopic (exact) mass is 356 g/mol.